The highest BCUT2D eigenvalue weighted by molar-refractivity contribution is 5.74. The van der Waals surface area contributed by atoms with Crippen LogP contribution in [-0.4, -0.2) is 11.6 Å². The summed E-state index contributed by atoms with van der Waals surface area (Å²) in [5.74, 6) is 4.18. The van der Waals surface area contributed by atoms with Crippen LogP contribution in [0.2, 0.25) is 0 Å². The monoisotopic (exact) mass is 276 g/mol. The van der Waals surface area contributed by atoms with E-state index >= 15 is 0 Å². The van der Waals surface area contributed by atoms with Gasteiger partial charge >= 0.3 is 5.97 Å². The molecule has 0 aromatic carbocycles. The van der Waals surface area contributed by atoms with Gasteiger partial charge in [0.1, 0.15) is 5.60 Å². The Morgan fingerprint density at radius 2 is 2.00 bits per heavy atom. The van der Waals surface area contributed by atoms with Gasteiger partial charge in [-0.1, -0.05) is 13.8 Å². The normalized spacial score (nSPS) is 52.7. The minimum atomic E-state index is -0.0759. The fourth-order valence-corrected chi connectivity index (χ4v) is 6.15. The quantitative estimate of drug-likeness (QED) is 0.723. The maximum atomic E-state index is 12.7. The van der Waals surface area contributed by atoms with Crippen molar-refractivity contribution in [3.8, 4) is 0 Å². The van der Waals surface area contributed by atoms with Gasteiger partial charge in [-0.15, -0.1) is 0 Å². The average molecular weight is 276 g/mol. The van der Waals surface area contributed by atoms with Crippen molar-refractivity contribution in [3.63, 3.8) is 0 Å². The van der Waals surface area contributed by atoms with Crippen LogP contribution in [0.25, 0.3) is 0 Å². The van der Waals surface area contributed by atoms with Gasteiger partial charge < -0.3 is 4.74 Å². The van der Waals surface area contributed by atoms with Gasteiger partial charge in [0.2, 0.25) is 0 Å². The molecule has 0 aliphatic heterocycles. The second-order valence-electron chi connectivity index (χ2n) is 8.23. The van der Waals surface area contributed by atoms with E-state index in [1.54, 1.807) is 0 Å². The second kappa shape index (κ2) is 4.48. The molecule has 112 valence electrons. The second-order valence-corrected chi connectivity index (χ2v) is 8.23. The first kappa shape index (κ1) is 13.2. The highest BCUT2D eigenvalue weighted by atomic mass is 16.6. The summed E-state index contributed by atoms with van der Waals surface area (Å²) in [5, 5.41) is 0. The van der Waals surface area contributed by atoms with Gasteiger partial charge in [0.25, 0.3) is 0 Å². The van der Waals surface area contributed by atoms with Crippen molar-refractivity contribution in [2.45, 2.75) is 70.8 Å². The minimum absolute atomic E-state index is 0.0759. The van der Waals surface area contributed by atoms with Crippen LogP contribution in [0.4, 0.5) is 0 Å². The number of hydrogen-bond acceptors (Lipinski definition) is 2. The van der Waals surface area contributed by atoms with E-state index in [0.717, 1.165) is 37.0 Å². The summed E-state index contributed by atoms with van der Waals surface area (Å²) in [6, 6.07) is 0. The van der Waals surface area contributed by atoms with E-state index < -0.39 is 0 Å². The number of hydrogen-bond donors (Lipinski definition) is 0. The Bertz CT molecular complexity index is 416. The van der Waals surface area contributed by atoms with E-state index in [0.29, 0.717) is 11.8 Å². The van der Waals surface area contributed by atoms with Crippen LogP contribution in [0.3, 0.4) is 0 Å². The lowest BCUT2D eigenvalue weighted by atomic mass is 9.80. The van der Waals surface area contributed by atoms with Crippen LogP contribution < -0.4 is 0 Å². The van der Waals surface area contributed by atoms with Crippen molar-refractivity contribution in [1.29, 1.82) is 0 Å². The molecule has 0 amide bonds. The summed E-state index contributed by atoms with van der Waals surface area (Å²) >= 11 is 0. The summed E-state index contributed by atoms with van der Waals surface area (Å²) in [5.41, 5.74) is -0.0759. The molecule has 0 aromatic heterocycles. The molecule has 4 rings (SSSR count). The molecule has 7 atom stereocenters. The molecule has 20 heavy (non-hydrogen) atoms. The Morgan fingerprint density at radius 3 is 2.50 bits per heavy atom. The van der Waals surface area contributed by atoms with Gasteiger partial charge in [-0.2, -0.15) is 0 Å². The van der Waals surface area contributed by atoms with Crippen molar-refractivity contribution in [3.05, 3.63) is 0 Å². The van der Waals surface area contributed by atoms with Gasteiger partial charge in [-0.25, -0.2) is 0 Å². The van der Waals surface area contributed by atoms with Crippen LogP contribution in [-0.2, 0) is 9.53 Å². The Morgan fingerprint density at radius 1 is 1.15 bits per heavy atom. The predicted octanol–water partition coefficient (Wildman–Crippen LogP) is 4.18. The largest absolute Gasteiger partial charge is 0.459 e. The topological polar surface area (TPSA) is 26.3 Å². The van der Waals surface area contributed by atoms with Crippen molar-refractivity contribution < 1.29 is 9.53 Å². The molecular formula is C18H28O2. The lowest BCUT2D eigenvalue weighted by Gasteiger charge is -2.38. The molecule has 2 heteroatoms. The highest BCUT2D eigenvalue weighted by Crippen LogP contribution is 2.56. The lowest BCUT2D eigenvalue weighted by Crippen LogP contribution is -2.42. The molecule has 0 aromatic rings. The van der Waals surface area contributed by atoms with E-state index in [4.69, 9.17) is 4.74 Å². The zero-order valence-electron chi connectivity index (χ0n) is 12.9. The van der Waals surface area contributed by atoms with Crippen molar-refractivity contribution >= 4 is 5.97 Å². The summed E-state index contributed by atoms with van der Waals surface area (Å²) < 4.78 is 6.21. The molecule has 0 heterocycles. The first-order chi connectivity index (χ1) is 9.61. The summed E-state index contributed by atoms with van der Waals surface area (Å²) in [7, 11) is 0. The first-order valence-corrected chi connectivity index (χ1v) is 8.84. The van der Waals surface area contributed by atoms with Gasteiger partial charge in [0, 0.05) is 0 Å². The molecule has 2 nitrogen and oxygen atoms in total. The van der Waals surface area contributed by atoms with Crippen LogP contribution in [0.1, 0.15) is 65.2 Å². The first-order valence-electron chi connectivity index (χ1n) is 8.84. The van der Waals surface area contributed by atoms with E-state index in [2.05, 4.69) is 13.8 Å². The summed E-state index contributed by atoms with van der Waals surface area (Å²) in [4.78, 5) is 12.7. The number of esters is 1. The van der Waals surface area contributed by atoms with Crippen molar-refractivity contribution in [1.82, 2.24) is 0 Å². The molecule has 0 saturated heterocycles. The maximum Gasteiger partial charge on any atom is 0.309 e. The Kier molecular flexibility index (Phi) is 2.95. The molecule has 0 radical (unpaired) electrons. The van der Waals surface area contributed by atoms with Crippen molar-refractivity contribution in [2.24, 2.45) is 35.5 Å². The van der Waals surface area contributed by atoms with Crippen molar-refractivity contribution in [2.75, 3.05) is 0 Å². The zero-order valence-corrected chi connectivity index (χ0v) is 12.9. The molecule has 0 N–H and O–H groups in total. The fourth-order valence-electron chi connectivity index (χ4n) is 6.15. The van der Waals surface area contributed by atoms with E-state index in [9.17, 15) is 4.79 Å². The number of rotatable bonds is 3. The fraction of sp³-hybridized carbons (Fsp3) is 0.944. The van der Waals surface area contributed by atoms with Crippen LogP contribution in [0.15, 0.2) is 0 Å². The van der Waals surface area contributed by atoms with Gasteiger partial charge in [0.15, 0.2) is 0 Å². The third kappa shape index (κ3) is 1.79. The standard InChI is InChI=1S/C18H28O2/c1-3-18(10-12-4-5-15(18)7-12)20-17(19)16-9-13-8-14(16)6-11(13)2/h11-16H,3-10H2,1-2H3. The molecule has 0 spiro atoms. The molecule has 4 aliphatic carbocycles. The smallest absolute Gasteiger partial charge is 0.309 e. The van der Waals surface area contributed by atoms with Crippen LogP contribution in [0, 0.1) is 35.5 Å². The maximum absolute atomic E-state index is 12.7. The minimum Gasteiger partial charge on any atom is -0.459 e. The van der Waals surface area contributed by atoms with Crippen LogP contribution in [0.5, 0.6) is 0 Å². The Balaban J connectivity index is 1.45. The Labute approximate surface area is 122 Å². The number of fused-ring (bicyclic) bond motifs is 4. The average Bonchev–Trinajstić information content (AvgIpc) is 3.16. The predicted molar refractivity (Wildman–Crippen MR) is 78.0 cm³/mol. The summed E-state index contributed by atoms with van der Waals surface area (Å²) in [6.45, 7) is 4.58. The molecular weight excluding hydrogens is 248 g/mol. The molecule has 4 bridgehead atoms. The molecule has 7 unspecified atom stereocenters. The highest BCUT2D eigenvalue weighted by Gasteiger charge is 2.54. The number of carbonyl (C=O) groups is 1. The van der Waals surface area contributed by atoms with Gasteiger partial charge in [-0.05, 0) is 81.0 Å². The zero-order chi connectivity index (χ0) is 13.9. The number of ether oxygens (including phenoxy) is 1. The third-order valence-corrected chi connectivity index (χ3v) is 7.33. The van der Waals surface area contributed by atoms with Gasteiger partial charge in [-0.3, -0.25) is 4.79 Å². The molecule has 4 fully saturated rings. The number of carbonyl (C=O) groups excluding carboxylic acids is 1. The van der Waals surface area contributed by atoms with Gasteiger partial charge in [0.05, 0.1) is 5.92 Å². The third-order valence-electron chi connectivity index (χ3n) is 7.33. The molecule has 4 saturated carbocycles. The van der Waals surface area contributed by atoms with E-state index in [1.807, 2.05) is 0 Å². The SMILES string of the molecule is CCC1(OC(=O)C2CC3CC2CC3C)CC2CCC1C2. The van der Waals surface area contributed by atoms with E-state index in [-0.39, 0.29) is 17.5 Å². The lowest BCUT2D eigenvalue weighted by molar-refractivity contribution is -0.173. The Hall–Kier alpha value is -0.530. The molecule has 4 aliphatic rings. The summed E-state index contributed by atoms with van der Waals surface area (Å²) in [6.07, 6.45) is 9.80. The van der Waals surface area contributed by atoms with E-state index in [1.165, 1.54) is 32.1 Å². The van der Waals surface area contributed by atoms with Crippen LogP contribution >= 0.6 is 0 Å².